The largest absolute Gasteiger partial charge is 0.435 e. The molecule has 1 unspecified atom stereocenters. The van der Waals surface area contributed by atoms with Gasteiger partial charge in [0.05, 0.1) is 0 Å². The third-order valence-electron chi connectivity index (χ3n) is 3.25. The first-order chi connectivity index (χ1) is 11.0. The highest BCUT2D eigenvalue weighted by molar-refractivity contribution is 5.89. The molecule has 0 aliphatic heterocycles. The predicted octanol–water partition coefficient (Wildman–Crippen LogP) is 4.21. The van der Waals surface area contributed by atoms with E-state index in [0.29, 0.717) is 12.2 Å². The maximum atomic E-state index is 12.2. The summed E-state index contributed by atoms with van der Waals surface area (Å²) < 4.78 is 28.6. The molecule has 2 rings (SSSR count). The molecular formula is C17H18F2N2O2. The Bertz CT molecular complexity index is 636. The van der Waals surface area contributed by atoms with Gasteiger partial charge in [0.25, 0.3) is 0 Å². The van der Waals surface area contributed by atoms with Gasteiger partial charge in [-0.1, -0.05) is 43.3 Å². The lowest BCUT2D eigenvalue weighted by Gasteiger charge is -2.14. The molecule has 0 fully saturated rings. The van der Waals surface area contributed by atoms with Crippen molar-refractivity contribution in [3.63, 3.8) is 0 Å². The number of amides is 2. The van der Waals surface area contributed by atoms with Crippen LogP contribution in [-0.2, 0) is 0 Å². The van der Waals surface area contributed by atoms with Gasteiger partial charge in [-0.05, 0) is 23.6 Å². The number of rotatable bonds is 6. The standard InChI is InChI=1S/C17H18F2N2O2/c1-12(13-6-3-2-4-7-13)11-20-17(22)21-14-8-5-9-15(10-14)23-16(18)19/h2-10,12,16H,11H2,1H3,(H2,20,21,22). The van der Waals surface area contributed by atoms with Gasteiger partial charge in [-0.25, -0.2) is 4.79 Å². The molecule has 1 atom stereocenters. The van der Waals surface area contributed by atoms with E-state index >= 15 is 0 Å². The molecule has 0 aliphatic rings. The number of carbonyl (C=O) groups excluding carboxylic acids is 1. The summed E-state index contributed by atoms with van der Waals surface area (Å²) >= 11 is 0. The molecule has 122 valence electrons. The van der Waals surface area contributed by atoms with Crippen LogP contribution in [0, 0.1) is 0 Å². The van der Waals surface area contributed by atoms with E-state index in [-0.39, 0.29) is 11.7 Å². The van der Waals surface area contributed by atoms with Gasteiger partial charge in [0.1, 0.15) is 5.75 Å². The predicted molar refractivity (Wildman–Crippen MR) is 85.0 cm³/mol. The van der Waals surface area contributed by atoms with E-state index in [1.165, 1.54) is 18.2 Å². The zero-order valence-corrected chi connectivity index (χ0v) is 12.6. The second-order valence-corrected chi connectivity index (χ2v) is 5.05. The molecule has 2 aromatic rings. The molecule has 0 saturated heterocycles. The molecular weight excluding hydrogens is 302 g/mol. The van der Waals surface area contributed by atoms with E-state index in [1.54, 1.807) is 6.07 Å². The Hall–Kier alpha value is -2.63. The third-order valence-corrected chi connectivity index (χ3v) is 3.25. The minimum absolute atomic E-state index is 0.00421. The number of halogens is 2. The molecule has 0 aliphatic carbocycles. The van der Waals surface area contributed by atoms with Crippen LogP contribution in [0.25, 0.3) is 0 Å². The summed E-state index contributed by atoms with van der Waals surface area (Å²) in [5, 5.41) is 5.34. The Kier molecular flexibility index (Phi) is 5.91. The van der Waals surface area contributed by atoms with Gasteiger partial charge < -0.3 is 15.4 Å². The second-order valence-electron chi connectivity index (χ2n) is 5.05. The van der Waals surface area contributed by atoms with Crippen LogP contribution in [0.3, 0.4) is 0 Å². The first-order valence-electron chi connectivity index (χ1n) is 7.19. The zero-order valence-electron chi connectivity index (χ0n) is 12.6. The number of ether oxygens (including phenoxy) is 1. The van der Waals surface area contributed by atoms with Gasteiger partial charge in [0, 0.05) is 18.3 Å². The maximum Gasteiger partial charge on any atom is 0.387 e. The number of nitrogens with one attached hydrogen (secondary N) is 2. The summed E-state index contributed by atoms with van der Waals surface area (Å²) in [5.74, 6) is 0.158. The van der Waals surface area contributed by atoms with Crippen molar-refractivity contribution in [1.29, 1.82) is 0 Å². The summed E-state index contributed by atoms with van der Waals surface area (Å²) in [7, 11) is 0. The lowest BCUT2D eigenvalue weighted by Crippen LogP contribution is -2.31. The Morgan fingerprint density at radius 2 is 1.87 bits per heavy atom. The normalized spacial score (nSPS) is 11.8. The summed E-state index contributed by atoms with van der Waals surface area (Å²) in [6.07, 6.45) is 0. The van der Waals surface area contributed by atoms with Crippen molar-refractivity contribution in [2.45, 2.75) is 19.5 Å². The van der Waals surface area contributed by atoms with Gasteiger partial charge >= 0.3 is 12.6 Å². The van der Waals surface area contributed by atoms with Gasteiger partial charge in [-0.15, -0.1) is 0 Å². The fourth-order valence-electron chi connectivity index (χ4n) is 2.07. The number of urea groups is 1. The van der Waals surface area contributed by atoms with Gasteiger partial charge in [-0.3, -0.25) is 0 Å². The van der Waals surface area contributed by atoms with E-state index in [0.717, 1.165) is 5.56 Å². The molecule has 0 radical (unpaired) electrons. The van der Waals surface area contributed by atoms with E-state index < -0.39 is 12.6 Å². The minimum atomic E-state index is -2.90. The van der Waals surface area contributed by atoms with Crippen LogP contribution in [-0.4, -0.2) is 19.2 Å². The number of alkyl halides is 2. The summed E-state index contributed by atoms with van der Waals surface area (Å²) in [5.41, 5.74) is 1.51. The van der Waals surface area contributed by atoms with Gasteiger partial charge in [0.2, 0.25) is 0 Å². The number of hydrogen-bond donors (Lipinski definition) is 2. The van der Waals surface area contributed by atoms with Crippen LogP contribution in [0.2, 0.25) is 0 Å². The highest BCUT2D eigenvalue weighted by atomic mass is 19.3. The molecule has 2 amide bonds. The summed E-state index contributed by atoms with van der Waals surface area (Å²) in [6, 6.07) is 15.3. The van der Waals surface area contributed by atoms with Gasteiger partial charge in [0.15, 0.2) is 0 Å². The second kappa shape index (κ2) is 8.12. The lowest BCUT2D eigenvalue weighted by molar-refractivity contribution is -0.0497. The molecule has 0 heterocycles. The van der Waals surface area contributed by atoms with Crippen molar-refractivity contribution >= 4 is 11.7 Å². The SMILES string of the molecule is CC(CNC(=O)Nc1cccc(OC(F)F)c1)c1ccccc1. The van der Waals surface area contributed by atoms with Gasteiger partial charge in [-0.2, -0.15) is 8.78 Å². The number of anilines is 1. The topological polar surface area (TPSA) is 50.4 Å². The molecule has 23 heavy (non-hydrogen) atoms. The van der Waals surface area contributed by atoms with Crippen LogP contribution in [0.1, 0.15) is 18.4 Å². The van der Waals surface area contributed by atoms with E-state index in [4.69, 9.17) is 0 Å². The number of benzene rings is 2. The molecule has 2 N–H and O–H groups in total. The molecule has 0 bridgehead atoms. The van der Waals surface area contributed by atoms with E-state index in [1.807, 2.05) is 37.3 Å². The lowest BCUT2D eigenvalue weighted by atomic mass is 10.0. The summed E-state index contributed by atoms with van der Waals surface area (Å²) in [6.45, 7) is -0.429. The fraction of sp³-hybridized carbons (Fsp3) is 0.235. The minimum Gasteiger partial charge on any atom is -0.435 e. The molecule has 2 aromatic carbocycles. The molecule has 4 nitrogen and oxygen atoms in total. The quantitative estimate of drug-likeness (QED) is 0.837. The van der Waals surface area contributed by atoms with Crippen molar-refractivity contribution in [3.8, 4) is 5.75 Å². The van der Waals surface area contributed by atoms with E-state index in [9.17, 15) is 13.6 Å². The Labute approximate surface area is 133 Å². The molecule has 6 heteroatoms. The third kappa shape index (κ3) is 5.58. The summed E-state index contributed by atoms with van der Waals surface area (Å²) in [4.78, 5) is 11.9. The first-order valence-corrected chi connectivity index (χ1v) is 7.19. The highest BCUT2D eigenvalue weighted by Gasteiger charge is 2.09. The number of carbonyl (C=O) groups is 1. The van der Waals surface area contributed by atoms with Crippen molar-refractivity contribution in [2.24, 2.45) is 0 Å². The van der Waals surface area contributed by atoms with Crippen LogP contribution in [0.15, 0.2) is 54.6 Å². The van der Waals surface area contributed by atoms with Crippen LogP contribution < -0.4 is 15.4 Å². The first kappa shape index (κ1) is 16.7. The Morgan fingerprint density at radius 3 is 2.57 bits per heavy atom. The van der Waals surface area contributed by atoms with E-state index in [2.05, 4.69) is 15.4 Å². The van der Waals surface area contributed by atoms with Crippen LogP contribution in [0.5, 0.6) is 5.75 Å². The van der Waals surface area contributed by atoms with Crippen LogP contribution in [0.4, 0.5) is 19.3 Å². The van der Waals surface area contributed by atoms with Crippen LogP contribution >= 0.6 is 0 Å². The van der Waals surface area contributed by atoms with Crippen molar-refractivity contribution in [3.05, 3.63) is 60.2 Å². The molecule has 0 spiro atoms. The Morgan fingerprint density at radius 1 is 1.13 bits per heavy atom. The Balaban J connectivity index is 1.85. The van der Waals surface area contributed by atoms with Crippen molar-refractivity contribution in [1.82, 2.24) is 5.32 Å². The zero-order chi connectivity index (χ0) is 16.7. The molecule has 0 aromatic heterocycles. The number of hydrogen-bond acceptors (Lipinski definition) is 2. The monoisotopic (exact) mass is 320 g/mol. The maximum absolute atomic E-state index is 12.2. The van der Waals surface area contributed by atoms with Crippen molar-refractivity contribution < 1.29 is 18.3 Å². The molecule has 0 saturated carbocycles. The average molecular weight is 320 g/mol. The average Bonchev–Trinajstić information content (AvgIpc) is 2.53. The highest BCUT2D eigenvalue weighted by Crippen LogP contribution is 2.19. The smallest absolute Gasteiger partial charge is 0.387 e. The van der Waals surface area contributed by atoms with Crippen molar-refractivity contribution in [2.75, 3.05) is 11.9 Å². The fourth-order valence-corrected chi connectivity index (χ4v) is 2.07.